The lowest BCUT2D eigenvalue weighted by Crippen LogP contribution is -2.51. The molecule has 0 bridgehead atoms. The van der Waals surface area contributed by atoms with Crippen molar-refractivity contribution in [3.05, 3.63) is 53.0 Å². The van der Waals surface area contributed by atoms with Gasteiger partial charge < -0.3 is 25.2 Å². The van der Waals surface area contributed by atoms with Crippen LogP contribution in [0.15, 0.2) is 41.8 Å². The molecule has 2 aromatic rings. The Bertz CT molecular complexity index is 875. The first-order valence-electron chi connectivity index (χ1n) is 9.74. The van der Waals surface area contributed by atoms with Gasteiger partial charge >= 0.3 is 0 Å². The number of aromatic amines is 1. The maximum atomic E-state index is 12.2. The summed E-state index contributed by atoms with van der Waals surface area (Å²) < 4.78 is 0. The van der Waals surface area contributed by atoms with Crippen LogP contribution in [0, 0.1) is 6.92 Å². The number of aldehydes is 1. The number of piperazine rings is 1. The zero-order chi connectivity index (χ0) is 22.7. The second-order valence-electron chi connectivity index (χ2n) is 6.93. The quantitative estimate of drug-likeness (QED) is 0.518. The van der Waals surface area contributed by atoms with Crippen molar-refractivity contribution in [1.82, 2.24) is 14.9 Å². The highest BCUT2D eigenvalue weighted by Gasteiger charge is 2.23. The molecule has 0 amide bonds. The van der Waals surface area contributed by atoms with Gasteiger partial charge in [-0.15, -0.1) is 0 Å². The third-order valence-corrected chi connectivity index (χ3v) is 4.74. The molecule has 0 aliphatic carbocycles. The monoisotopic (exact) mass is 415 g/mol. The predicted molar refractivity (Wildman–Crippen MR) is 123 cm³/mol. The van der Waals surface area contributed by atoms with E-state index in [1.54, 1.807) is 6.07 Å². The van der Waals surface area contributed by atoms with Crippen LogP contribution in [-0.2, 0) is 4.79 Å². The Hall–Kier alpha value is -2.97. The Kier molecular flexibility index (Phi) is 10.5. The number of hydrogen-bond acceptors (Lipinski definition) is 7. The normalized spacial score (nSPS) is 15.8. The van der Waals surface area contributed by atoms with E-state index >= 15 is 0 Å². The molecule has 1 saturated heterocycles. The van der Waals surface area contributed by atoms with Crippen LogP contribution in [-0.4, -0.2) is 73.1 Å². The number of carbonyl (C=O) groups is 1. The number of aromatic nitrogens is 2. The Balaban J connectivity index is 0.000000673. The summed E-state index contributed by atoms with van der Waals surface area (Å²) in [5.74, 6) is 1.69. The van der Waals surface area contributed by atoms with Crippen molar-refractivity contribution in [3.63, 3.8) is 0 Å². The molecule has 0 aromatic carbocycles. The molecule has 3 heterocycles. The van der Waals surface area contributed by atoms with Crippen LogP contribution >= 0.6 is 0 Å². The van der Waals surface area contributed by atoms with Gasteiger partial charge in [-0.1, -0.05) is 6.58 Å². The molecule has 164 valence electrons. The van der Waals surface area contributed by atoms with E-state index in [2.05, 4.69) is 51.7 Å². The first-order valence-corrected chi connectivity index (χ1v) is 9.74. The minimum Gasteiger partial charge on any atom is -0.400 e. The summed E-state index contributed by atoms with van der Waals surface area (Å²) >= 11 is 0. The number of hydrogen-bond donors (Lipinski definition) is 3. The van der Waals surface area contributed by atoms with E-state index in [1.807, 2.05) is 26.2 Å². The molecule has 30 heavy (non-hydrogen) atoms. The number of aryl methyl sites for hydroxylation is 1. The average molecular weight is 416 g/mol. The number of aliphatic hydroxyl groups is 1. The lowest BCUT2D eigenvalue weighted by atomic mass is 10.0. The minimum atomic E-state index is -0.0733. The fourth-order valence-corrected chi connectivity index (χ4v) is 3.31. The molecule has 1 fully saturated rings. The Morgan fingerprint density at radius 1 is 1.30 bits per heavy atom. The van der Waals surface area contributed by atoms with Gasteiger partial charge in [-0.3, -0.25) is 9.59 Å². The number of allylic oxidation sites excluding steroid dienone is 1. The molecule has 1 aliphatic rings. The van der Waals surface area contributed by atoms with E-state index in [0.717, 1.165) is 55.1 Å². The summed E-state index contributed by atoms with van der Waals surface area (Å²) in [6, 6.07) is 6.08. The van der Waals surface area contributed by atoms with Crippen molar-refractivity contribution in [1.29, 1.82) is 0 Å². The largest absolute Gasteiger partial charge is 0.400 e. The van der Waals surface area contributed by atoms with Crippen molar-refractivity contribution in [2.75, 3.05) is 51.1 Å². The van der Waals surface area contributed by atoms with Crippen LogP contribution in [0.1, 0.15) is 12.5 Å². The Morgan fingerprint density at radius 2 is 1.97 bits per heavy atom. The van der Waals surface area contributed by atoms with Gasteiger partial charge in [-0.25, -0.2) is 4.98 Å². The van der Waals surface area contributed by atoms with Gasteiger partial charge in [0.1, 0.15) is 17.9 Å². The van der Waals surface area contributed by atoms with Crippen molar-refractivity contribution >= 4 is 17.9 Å². The zero-order valence-electron chi connectivity index (χ0n) is 18.5. The van der Waals surface area contributed by atoms with E-state index in [9.17, 15) is 4.79 Å². The van der Waals surface area contributed by atoms with Crippen molar-refractivity contribution in [3.8, 4) is 11.1 Å². The van der Waals surface area contributed by atoms with Gasteiger partial charge in [0.05, 0.1) is 0 Å². The van der Waals surface area contributed by atoms with Gasteiger partial charge in [-0.2, -0.15) is 0 Å². The molecular formula is C22H33N5O3. The summed E-state index contributed by atoms with van der Waals surface area (Å²) in [6.07, 6.45) is 3.67. The number of anilines is 2. The van der Waals surface area contributed by atoms with Gasteiger partial charge in [0.25, 0.3) is 0 Å². The van der Waals surface area contributed by atoms with Gasteiger partial charge in [0.2, 0.25) is 5.56 Å². The van der Waals surface area contributed by atoms with E-state index in [-0.39, 0.29) is 5.56 Å². The molecule has 2 aromatic heterocycles. The molecule has 0 radical (unpaired) electrons. The summed E-state index contributed by atoms with van der Waals surface area (Å²) in [7, 11) is 4.98. The highest BCUT2D eigenvalue weighted by atomic mass is 16.2. The Labute approximate surface area is 178 Å². The number of rotatable bonds is 4. The SMILES string of the molecule is C=CC=O.CNc1cc(-c2cc(N3CCN(C)CC3C)[nH]c(=O)c2)c(C)cn1.CO. The molecule has 8 heteroatoms. The van der Waals surface area contributed by atoms with Crippen LogP contribution in [0.2, 0.25) is 0 Å². The lowest BCUT2D eigenvalue weighted by molar-refractivity contribution is -0.104. The maximum Gasteiger partial charge on any atom is 0.250 e. The predicted octanol–water partition coefficient (Wildman–Crippen LogP) is 1.91. The van der Waals surface area contributed by atoms with Crippen LogP contribution < -0.4 is 15.8 Å². The number of nitrogens with zero attached hydrogens (tertiary/aromatic N) is 3. The summed E-state index contributed by atoms with van der Waals surface area (Å²) in [6.45, 7) is 10.2. The van der Waals surface area contributed by atoms with E-state index in [0.29, 0.717) is 12.3 Å². The summed E-state index contributed by atoms with van der Waals surface area (Å²) in [5, 5.41) is 10.1. The third-order valence-electron chi connectivity index (χ3n) is 4.74. The number of carbonyl (C=O) groups excluding carboxylic acids is 1. The number of H-pyrrole nitrogens is 1. The smallest absolute Gasteiger partial charge is 0.250 e. The van der Waals surface area contributed by atoms with Crippen LogP contribution in [0.5, 0.6) is 0 Å². The first kappa shape index (κ1) is 25.1. The number of likely N-dealkylation sites (N-methyl/N-ethyl adjacent to an activating group) is 1. The lowest BCUT2D eigenvalue weighted by Gasteiger charge is -2.39. The first-order chi connectivity index (χ1) is 14.4. The van der Waals surface area contributed by atoms with Crippen LogP contribution in [0.4, 0.5) is 11.6 Å². The second kappa shape index (κ2) is 12.6. The van der Waals surface area contributed by atoms with Crippen molar-refractivity contribution < 1.29 is 9.90 Å². The fraction of sp³-hybridized carbons (Fsp3) is 0.409. The summed E-state index contributed by atoms with van der Waals surface area (Å²) in [4.78, 5) is 33.2. The number of nitrogens with one attached hydrogen (secondary N) is 2. The van der Waals surface area contributed by atoms with Crippen LogP contribution in [0.3, 0.4) is 0 Å². The number of pyridine rings is 2. The highest BCUT2D eigenvalue weighted by Crippen LogP contribution is 2.27. The molecule has 3 N–H and O–H groups in total. The van der Waals surface area contributed by atoms with E-state index in [4.69, 9.17) is 9.90 Å². The molecule has 8 nitrogen and oxygen atoms in total. The topological polar surface area (TPSA) is 102 Å². The minimum absolute atomic E-state index is 0.0733. The second-order valence-corrected chi connectivity index (χ2v) is 6.93. The molecule has 1 aliphatic heterocycles. The van der Waals surface area contributed by atoms with E-state index < -0.39 is 0 Å². The van der Waals surface area contributed by atoms with E-state index in [1.165, 1.54) is 6.08 Å². The highest BCUT2D eigenvalue weighted by molar-refractivity contribution is 5.72. The molecule has 3 rings (SSSR count). The van der Waals surface area contributed by atoms with Gasteiger partial charge in [-0.05, 0) is 55.8 Å². The maximum absolute atomic E-state index is 12.2. The molecule has 1 unspecified atom stereocenters. The fourth-order valence-electron chi connectivity index (χ4n) is 3.31. The molecule has 0 saturated carbocycles. The Morgan fingerprint density at radius 3 is 2.53 bits per heavy atom. The van der Waals surface area contributed by atoms with Gasteiger partial charge in [0, 0.05) is 52.1 Å². The third kappa shape index (κ3) is 6.82. The molecular weight excluding hydrogens is 382 g/mol. The number of aliphatic hydroxyl groups excluding tert-OH is 1. The standard InChI is InChI=1S/C18H25N5O.C3H4O.CH4O/c1-12-10-20-16(19-3)9-15(12)14-7-17(21-18(24)8-14)23-6-5-22(4)11-13(23)2;1-2-3-4;1-2/h7-10,13H,5-6,11H2,1-4H3,(H,19,20)(H,21,24);2-3H,1H2;2H,1H3. The van der Waals surface area contributed by atoms with Crippen molar-refractivity contribution in [2.24, 2.45) is 0 Å². The van der Waals surface area contributed by atoms with Crippen LogP contribution in [0.25, 0.3) is 11.1 Å². The average Bonchev–Trinajstić information content (AvgIpc) is 2.75. The summed E-state index contributed by atoms with van der Waals surface area (Å²) in [5.41, 5.74) is 2.94. The van der Waals surface area contributed by atoms with Gasteiger partial charge in [0.15, 0.2) is 0 Å². The van der Waals surface area contributed by atoms with Crippen molar-refractivity contribution in [2.45, 2.75) is 19.9 Å². The molecule has 0 spiro atoms. The molecule has 1 atom stereocenters. The zero-order valence-corrected chi connectivity index (χ0v) is 18.5.